The highest BCUT2D eigenvalue weighted by molar-refractivity contribution is 5.15. The lowest BCUT2D eigenvalue weighted by Crippen LogP contribution is -2.19. The van der Waals surface area contributed by atoms with E-state index < -0.39 is 0 Å². The number of pyridine rings is 1. The predicted octanol–water partition coefficient (Wildman–Crippen LogP) is 2.53. The summed E-state index contributed by atoms with van der Waals surface area (Å²) in [6, 6.07) is 3.90. The van der Waals surface area contributed by atoms with E-state index in [1.807, 2.05) is 12.1 Å². The fourth-order valence-electron chi connectivity index (χ4n) is 2.20. The number of hydrogen-bond donors (Lipinski definition) is 1. The largest absolute Gasteiger partial charge is 0.339 e. The molecule has 0 aliphatic heterocycles. The van der Waals surface area contributed by atoms with Crippen molar-refractivity contribution in [1.82, 2.24) is 15.1 Å². The van der Waals surface area contributed by atoms with Crippen LogP contribution in [0.4, 0.5) is 0 Å². The Bertz CT molecular complexity index is 530. The molecule has 2 N–H and O–H groups in total. The molecule has 1 unspecified atom stereocenters. The molecule has 2 rings (SSSR count). The zero-order valence-electron chi connectivity index (χ0n) is 12.3. The van der Waals surface area contributed by atoms with Gasteiger partial charge in [-0.15, -0.1) is 0 Å². The second-order valence-corrected chi connectivity index (χ2v) is 6.28. The van der Waals surface area contributed by atoms with Crippen LogP contribution < -0.4 is 5.73 Å². The van der Waals surface area contributed by atoms with Crippen molar-refractivity contribution in [2.75, 3.05) is 6.54 Å². The molecular weight excluding hydrogens is 252 g/mol. The van der Waals surface area contributed by atoms with Gasteiger partial charge in [0.2, 0.25) is 5.89 Å². The lowest BCUT2D eigenvalue weighted by atomic mass is 9.84. The molecule has 0 saturated heterocycles. The summed E-state index contributed by atoms with van der Waals surface area (Å²) in [5.74, 6) is 1.46. The Hall–Kier alpha value is -1.75. The molecule has 108 valence electrons. The Morgan fingerprint density at radius 1 is 1.25 bits per heavy atom. The number of hydrogen-bond acceptors (Lipinski definition) is 5. The van der Waals surface area contributed by atoms with Gasteiger partial charge < -0.3 is 10.3 Å². The van der Waals surface area contributed by atoms with Gasteiger partial charge in [0.15, 0.2) is 5.82 Å². The summed E-state index contributed by atoms with van der Waals surface area (Å²) in [5, 5.41) is 4.05. The Morgan fingerprint density at radius 2 is 1.95 bits per heavy atom. The third-order valence-corrected chi connectivity index (χ3v) is 3.09. The van der Waals surface area contributed by atoms with E-state index in [9.17, 15) is 0 Å². The van der Waals surface area contributed by atoms with Crippen LogP contribution in [0.3, 0.4) is 0 Å². The lowest BCUT2D eigenvalue weighted by Gasteiger charge is -2.22. The molecule has 20 heavy (non-hydrogen) atoms. The standard InChI is InChI=1S/C15H22N4O/c1-15(2,3)9-12(10-16)14-18-13(19-20-14)8-11-4-6-17-7-5-11/h4-7,12H,8-10,16H2,1-3H3. The smallest absolute Gasteiger partial charge is 0.231 e. The van der Waals surface area contributed by atoms with E-state index in [0.29, 0.717) is 24.7 Å². The Kier molecular flexibility index (Phi) is 4.49. The van der Waals surface area contributed by atoms with E-state index in [1.54, 1.807) is 12.4 Å². The monoisotopic (exact) mass is 274 g/mol. The Labute approximate surface area is 119 Å². The third kappa shape index (κ3) is 4.13. The van der Waals surface area contributed by atoms with Crippen LogP contribution in [0, 0.1) is 5.41 Å². The average Bonchev–Trinajstić information content (AvgIpc) is 2.84. The van der Waals surface area contributed by atoms with Gasteiger partial charge in [-0.25, -0.2) is 0 Å². The van der Waals surface area contributed by atoms with Crippen LogP contribution in [0.5, 0.6) is 0 Å². The normalized spacial score (nSPS) is 13.4. The molecule has 0 fully saturated rings. The summed E-state index contributed by atoms with van der Waals surface area (Å²) in [5.41, 5.74) is 7.14. The van der Waals surface area contributed by atoms with Gasteiger partial charge in [-0.2, -0.15) is 4.98 Å². The average molecular weight is 274 g/mol. The number of nitrogens with two attached hydrogens (primary N) is 1. The van der Waals surface area contributed by atoms with Gasteiger partial charge in [-0.3, -0.25) is 4.98 Å². The number of rotatable bonds is 5. The van der Waals surface area contributed by atoms with Crippen LogP contribution in [-0.4, -0.2) is 21.7 Å². The molecule has 0 radical (unpaired) electrons. The minimum Gasteiger partial charge on any atom is -0.339 e. The molecule has 2 heterocycles. The summed E-state index contributed by atoms with van der Waals surface area (Å²) < 4.78 is 5.38. The molecule has 0 spiro atoms. The van der Waals surface area contributed by atoms with Crippen LogP contribution in [-0.2, 0) is 6.42 Å². The number of aromatic nitrogens is 3. The maximum Gasteiger partial charge on any atom is 0.231 e. The van der Waals surface area contributed by atoms with E-state index >= 15 is 0 Å². The van der Waals surface area contributed by atoms with Crippen molar-refractivity contribution in [3.63, 3.8) is 0 Å². The quantitative estimate of drug-likeness (QED) is 0.906. The van der Waals surface area contributed by atoms with Gasteiger partial charge in [-0.05, 0) is 29.5 Å². The summed E-state index contributed by atoms with van der Waals surface area (Å²) in [4.78, 5) is 8.48. The molecule has 5 heteroatoms. The maximum absolute atomic E-state index is 5.84. The summed E-state index contributed by atoms with van der Waals surface area (Å²) in [7, 11) is 0. The lowest BCUT2D eigenvalue weighted by molar-refractivity contribution is 0.286. The van der Waals surface area contributed by atoms with Gasteiger partial charge >= 0.3 is 0 Å². The van der Waals surface area contributed by atoms with Gasteiger partial charge in [0.25, 0.3) is 0 Å². The molecule has 0 aliphatic carbocycles. The van der Waals surface area contributed by atoms with Crippen LogP contribution in [0.1, 0.15) is 50.4 Å². The highest BCUT2D eigenvalue weighted by atomic mass is 16.5. The van der Waals surface area contributed by atoms with Gasteiger partial charge in [0.1, 0.15) is 0 Å². The van der Waals surface area contributed by atoms with Crippen molar-refractivity contribution in [2.45, 2.75) is 39.5 Å². The van der Waals surface area contributed by atoms with Gasteiger partial charge in [0, 0.05) is 25.4 Å². The maximum atomic E-state index is 5.84. The first kappa shape index (κ1) is 14.7. The summed E-state index contributed by atoms with van der Waals surface area (Å²) in [6.07, 6.45) is 5.11. The van der Waals surface area contributed by atoms with E-state index in [1.165, 1.54) is 0 Å². The summed E-state index contributed by atoms with van der Waals surface area (Å²) >= 11 is 0. The van der Waals surface area contributed by atoms with Crippen molar-refractivity contribution in [2.24, 2.45) is 11.1 Å². The van der Waals surface area contributed by atoms with Crippen molar-refractivity contribution >= 4 is 0 Å². The van der Waals surface area contributed by atoms with Crippen molar-refractivity contribution in [1.29, 1.82) is 0 Å². The van der Waals surface area contributed by atoms with Gasteiger partial charge in [0.05, 0.1) is 5.92 Å². The minimum absolute atomic E-state index is 0.119. The fraction of sp³-hybridized carbons (Fsp3) is 0.533. The summed E-state index contributed by atoms with van der Waals surface area (Å²) in [6.45, 7) is 7.08. The van der Waals surface area contributed by atoms with Crippen LogP contribution >= 0.6 is 0 Å². The molecule has 1 atom stereocenters. The van der Waals surface area contributed by atoms with E-state index in [0.717, 1.165) is 12.0 Å². The Balaban J connectivity index is 2.07. The van der Waals surface area contributed by atoms with Gasteiger partial charge in [-0.1, -0.05) is 25.9 Å². The van der Waals surface area contributed by atoms with Crippen molar-refractivity contribution in [3.05, 3.63) is 41.8 Å². The first-order valence-electron chi connectivity index (χ1n) is 6.89. The van der Waals surface area contributed by atoms with Crippen LogP contribution in [0.2, 0.25) is 0 Å². The highest BCUT2D eigenvalue weighted by Gasteiger charge is 2.24. The first-order chi connectivity index (χ1) is 9.48. The van der Waals surface area contributed by atoms with Crippen molar-refractivity contribution in [3.8, 4) is 0 Å². The molecule has 0 aromatic carbocycles. The second kappa shape index (κ2) is 6.13. The molecule has 0 amide bonds. The first-order valence-corrected chi connectivity index (χ1v) is 6.89. The van der Waals surface area contributed by atoms with Crippen LogP contribution in [0.15, 0.2) is 29.0 Å². The molecular formula is C15H22N4O. The molecule has 2 aromatic heterocycles. The fourth-order valence-corrected chi connectivity index (χ4v) is 2.20. The van der Waals surface area contributed by atoms with Crippen molar-refractivity contribution < 1.29 is 4.52 Å². The van der Waals surface area contributed by atoms with Crippen LogP contribution in [0.25, 0.3) is 0 Å². The minimum atomic E-state index is 0.119. The predicted molar refractivity (Wildman–Crippen MR) is 77.2 cm³/mol. The SMILES string of the molecule is CC(C)(C)CC(CN)c1nc(Cc2ccncc2)no1. The number of nitrogens with zero attached hydrogens (tertiary/aromatic N) is 3. The third-order valence-electron chi connectivity index (χ3n) is 3.09. The zero-order chi connectivity index (χ0) is 14.6. The highest BCUT2D eigenvalue weighted by Crippen LogP contribution is 2.29. The topological polar surface area (TPSA) is 77.8 Å². The molecule has 0 bridgehead atoms. The molecule has 2 aromatic rings. The Morgan fingerprint density at radius 3 is 2.55 bits per heavy atom. The van der Waals surface area contributed by atoms with E-state index in [4.69, 9.17) is 10.3 Å². The second-order valence-electron chi connectivity index (χ2n) is 6.28. The zero-order valence-corrected chi connectivity index (χ0v) is 12.3. The molecule has 0 saturated carbocycles. The van der Waals surface area contributed by atoms with E-state index in [2.05, 4.69) is 35.9 Å². The molecule has 0 aliphatic rings. The van der Waals surface area contributed by atoms with E-state index in [-0.39, 0.29) is 11.3 Å². The molecule has 5 nitrogen and oxygen atoms in total.